The number of para-hydroxylation sites is 1. The molecular weight excluding hydrogens is 302 g/mol. The van der Waals surface area contributed by atoms with Crippen molar-refractivity contribution in [1.82, 2.24) is 4.90 Å². The molecule has 0 bridgehead atoms. The van der Waals surface area contributed by atoms with E-state index < -0.39 is 0 Å². The maximum absolute atomic E-state index is 12.2. The van der Waals surface area contributed by atoms with Gasteiger partial charge < -0.3 is 16.0 Å². The molecule has 0 spiro atoms. The minimum Gasteiger partial charge on any atom is -0.342 e. The predicted molar refractivity (Wildman–Crippen MR) is 89.8 cm³/mol. The van der Waals surface area contributed by atoms with Gasteiger partial charge in [0.1, 0.15) is 0 Å². The second-order valence-electron chi connectivity index (χ2n) is 5.59. The fourth-order valence-electron chi connectivity index (χ4n) is 2.54. The number of anilines is 1. The Bertz CT molecular complexity index is 487. The van der Waals surface area contributed by atoms with E-state index in [-0.39, 0.29) is 36.1 Å². The largest absolute Gasteiger partial charge is 0.342 e. The van der Waals surface area contributed by atoms with Gasteiger partial charge >= 0.3 is 0 Å². The number of carbonyl (C=O) groups is 2. The van der Waals surface area contributed by atoms with Gasteiger partial charge in [0.15, 0.2) is 0 Å². The molecule has 1 heterocycles. The Hall–Kier alpha value is -1.59. The van der Waals surface area contributed by atoms with Crippen LogP contribution in [0.1, 0.15) is 19.8 Å². The van der Waals surface area contributed by atoms with Crippen LogP contribution in [0, 0.1) is 11.8 Å². The van der Waals surface area contributed by atoms with E-state index in [1.165, 1.54) is 0 Å². The number of nitrogens with one attached hydrogen (secondary N) is 1. The minimum atomic E-state index is -0.139. The number of amides is 2. The molecule has 3 N–H and O–H groups in total. The van der Waals surface area contributed by atoms with Gasteiger partial charge in [-0.1, -0.05) is 25.1 Å². The highest BCUT2D eigenvalue weighted by atomic mass is 35.5. The Morgan fingerprint density at radius 3 is 2.41 bits per heavy atom. The summed E-state index contributed by atoms with van der Waals surface area (Å²) in [4.78, 5) is 26.1. The second-order valence-corrected chi connectivity index (χ2v) is 5.59. The molecule has 22 heavy (non-hydrogen) atoms. The Morgan fingerprint density at radius 1 is 1.27 bits per heavy atom. The van der Waals surface area contributed by atoms with E-state index >= 15 is 0 Å². The molecule has 1 saturated heterocycles. The molecule has 1 aromatic rings. The molecular formula is C16H24ClN3O2. The highest BCUT2D eigenvalue weighted by molar-refractivity contribution is 5.92. The van der Waals surface area contributed by atoms with Crippen LogP contribution in [0.5, 0.6) is 0 Å². The van der Waals surface area contributed by atoms with Gasteiger partial charge in [-0.2, -0.15) is 0 Å². The summed E-state index contributed by atoms with van der Waals surface area (Å²) in [5.41, 5.74) is 6.35. The van der Waals surface area contributed by atoms with Crippen molar-refractivity contribution in [1.29, 1.82) is 0 Å². The summed E-state index contributed by atoms with van der Waals surface area (Å²) in [5.74, 6) is -0.0262. The van der Waals surface area contributed by atoms with E-state index in [2.05, 4.69) is 5.32 Å². The molecule has 2 amide bonds. The third kappa shape index (κ3) is 4.71. The van der Waals surface area contributed by atoms with E-state index in [9.17, 15) is 9.59 Å². The van der Waals surface area contributed by atoms with Crippen molar-refractivity contribution >= 4 is 29.9 Å². The standard InChI is InChI=1S/C16H23N3O2.ClH/c1-12(11-17)16(21)19-9-7-13(8-10-19)15(20)18-14-5-3-2-4-6-14;/h2-6,12-13H,7-11,17H2,1H3,(H,18,20);1H. The zero-order valence-corrected chi connectivity index (χ0v) is 13.6. The van der Waals surface area contributed by atoms with Crippen molar-refractivity contribution in [3.8, 4) is 0 Å². The lowest BCUT2D eigenvalue weighted by molar-refractivity contribution is -0.137. The summed E-state index contributed by atoms with van der Waals surface area (Å²) >= 11 is 0. The summed E-state index contributed by atoms with van der Waals surface area (Å²) in [6, 6.07) is 9.45. The van der Waals surface area contributed by atoms with Crippen molar-refractivity contribution < 1.29 is 9.59 Å². The van der Waals surface area contributed by atoms with E-state index in [4.69, 9.17) is 5.73 Å². The summed E-state index contributed by atoms with van der Waals surface area (Å²) in [5, 5.41) is 2.93. The van der Waals surface area contributed by atoms with Crippen LogP contribution in [-0.4, -0.2) is 36.3 Å². The zero-order valence-electron chi connectivity index (χ0n) is 12.8. The first-order chi connectivity index (χ1) is 10.1. The topological polar surface area (TPSA) is 75.4 Å². The lowest BCUT2D eigenvalue weighted by atomic mass is 9.95. The summed E-state index contributed by atoms with van der Waals surface area (Å²) in [6.45, 7) is 3.48. The molecule has 1 aromatic carbocycles. The molecule has 1 aliphatic heterocycles. The average Bonchev–Trinajstić information content (AvgIpc) is 2.54. The zero-order chi connectivity index (χ0) is 15.2. The number of benzene rings is 1. The van der Waals surface area contributed by atoms with Crippen molar-refractivity contribution in [2.45, 2.75) is 19.8 Å². The number of hydrogen-bond acceptors (Lipinski definition) is 3. The predicted octanol–water partition coefficient (Wildman–Crippen LogP) is 1.88. The number of halogens is 1. The van der Waals surface area contributed by atoms with Crippen LogP contribution in [0.15, 0.2) is 30.3 Å². The van der Waals surface area contributed by atoms with Gasteiger partial charge in [0.25, 0.3) is 0 Å². The molecule has 0 radical (unpaired) electrons. The maximum Gasteiger partial charge on any atom is 0.227 e. The van der Waals surface area contributed by atoms with Gasteiger partial charge in [-0.3, -0.25) is 9.59 Å². The second kappa shape index (κ2) is 8.76. The fourth-order valence-corrected chi connectivity index (χ4v) is 2.54. The normalized spacial score (nSPS) is 16.5. The molecule has 1 atom stereocenters. The molecule has 2 rings (SSSR count). The number of hydrogen-bond donors (Lipinski definition) is 2. The first-order valence-corrected chi connectivity index (χ1v) is 7.46. The van der Waals surface area contributed by atoms with Crippen LogP contribution < -0.4 is 11.1 Å². The average molecular weight is 326 g/mol. The summed E-state index contributed by atoms with van der Waals surface area (Å²) in [6.07, 6.45) is 1.42. The maximum atomic E-state index is 12.2. The van der Waals surface area contributed by atoms with Gasteiger partial charge in [-0.25, -0.2) is 0 Å². The number of nitrogens with two attached hydrogens (primary N) is 1. The molecule has 122 valence electrons. The van der Waals surface area contributed by atoms with Gasteiger partial charge in [-0.15, -0.1) is 12.4 Å². The van der Waals surface area contributed by atoms with Crippen LogP contribution in [0.4, 0.5) is 5.69 Å². The molecule has 1 unspecified atom stereocenters. The number of likely N-dealkylation sites (tertiary alicyclic amines) is 1. The monoisotopic (exact) mass is 325 g/mol. The first-order valence-electron chi connectivity index (χ1n) is 7.46. The number of piperidine rings is 1. The van der Waals surface area contributed by atoms with Crippen molar-refractivity contribution in [3.63, 3.8) is 0 Å². The summed E-state index contributed by atoms with van der Waals surface area (Å²) in [7, 11) is 0. The van der Waals surface area contributed by atoms with Crippen molar-refractivity contribution in [2.75, 3.05) is 25.0 Å². The minimum absolute atomic E-state index is 0. The first kappa shape index (κ1) is 18.5. The lowest BCUT2D eigenvalue weighted by Crippen LogP contribution is -2.44. The van der Waals surface area contributed by atoms with E-state index in [1.807, 2.05) is 42.2 Å². The third-order valence-electron chi connectivity index (χ3n) is 3.99. The Morgan fingerprint density at radius 2 is 1.86 bits per heavy atom. The molecule has 5 nitrogen and oxygen atoms in total. The highest BCUT2D eigenvalue weighted by Crippen LogP contribution is 2.20. The van der Waals surface area contributed by atoms with E-state index in [1.54, 1.807) is 0 Å². The lowest BCUT2D eigenvalue weighted by Gasteiger charge is -2.32. The van der Waals surface area contributed by atoms with Gasteiger partial charge in [-0.05, 0) is 25.0 Å². The van der Waals surface area contributed by atoms with Gasteiger partial charge in [0.05, 0.1) is 0 Å². The number of carbonyl (C=O) groups excluding carboxylic acids is 2. The molecule has 1 fully saturated rings. The fraction of sp³-hybridized carbons (Fsp3) is 0.500. The number of rotatable bonds is 4. The Labute approximate surface area is 137 Å². The summed E-state index contributed by atoms with van der Waals surface area (Å²) < 4.78 is 0. The van der Waals surface area contributed by atoms with Crippen molar-refractivity contribution in [3.05, 3.63) is 30.3 Å². The van der Waals surface area contributed by atoms with Gasteiger partial charge in [0.2, 0.25) is 11.8 Å². The van der Waals surface area contributed by atoms with Crippen LogP contribution >= 0.6 is 12.4 Å². The SMILES string of the molecule is CC(CN)C(=O)N1CCC(C(=O)Nc2ccccc2)CC1.Cl. The molecule has 6 heteroatoms. The van der Waals surface area contributed by atoms with Crippen LogP contribution in [0.2, 0.25) is 0 Å². The van der Waals surface area contributed by atoms with Gasteiger partial charge in [0, 0.05) is 37.2 Å². The Balaban J connectivity index is 0.00000242. The van der Waals surface area contributed by atoms with Crippen LogP contribution in [0.3, 0.4) is 0 Å². The van der Waals surface area contributed by atoms with E-state index in [0.29, 0.717) is 32.5 Å². The van der Waals surface area contributed by atoms with Crippen LogP contribution in [-0.2, 0) is 9.59 Å². The van der Waals surface area contributed by atoms with Crippen LogP contribution in [0.25, 0.3) is 0 Å². The van der Waals surface area contributed by atoms with Crippen molar-refractivity contribution in [2.24, 2.45) is 17.6 Å². The highest BCUT2D eigenvalue weighted by Gasteiger charge is 2.28. The molecule has 0 aromatic heterocycles. The molecule has 0 aliphatic carbocycles. The third-order valence-corrected chi connectivity index (χ3v) is 3.99. The Kier molecular flexibility index (Phi) is 7.35. The smallest absolute Gasteiger partial charge is 0.227 e. The quantitative estimate of drug-likeness (QED) is 0.887. The van der Waals surface area contributed by atoms with E-state index in [0.717, 1.165) is 5.69 Å². The molecule has 0 saturated carbocycles. The molecule has 1 aliphatic rings. The number of nitrogens with zero attached hydrogens (tertiary/aromatic N) is 1.